The number of aliphatic hydroxyl groups is 1. The van der Waals surface area contributed by atoms with Gasteiger partial charge in [-0.25, -0.2) is 0 Å². The van der Waals surface area contributed by atoms with Crippen LogP contribution in [0.1, 0.15) is 19.4 Å². The first-order valence-electron chi connectivity index (χ1n) is 6.51. The molecule has 1 aromatic carbocycles. The van der Waals surface area contributed by atoms with Crippen LogP contribution in [0.4, 0.5) is 0 Å². The summed E-state index contributed by atoms with van der Waals surface area (Å²) in [5.41, 5.74) is 6.60. The Bertz CT molecular complexity index is 323. The number of likely N-dealkylation sites (N-methyl/N-ethyl adjacent to an activating group) is 1. The first-order chi connectivity index (χ1) is 8.69. The molecule has 0 aromatic heterocycles. The molecular weight excluding hydrogens is 228 g/mol. The minimum atomic E-state index is -0.459. The van der Waals surface area contributed by atoms with E-state index in [0.717, 1.165) is 24.4 Å². The minimum absolute atomic E-state index is 0.318. The first-order valence-corrected chi connectivity index (χ1v) is 6.51. The van der Waals surface area contributed by atoms with E-state index in [9.17, 15) is 5.11 Å². The van der Waals surface area contributed by atoms with Gasteiger partial charge in [0.1, 0.15) is 18.5 Å². The van der Waals surface area contributed by atoms with Crippen molar-refractivity contribution in [2.45, 2.75) is 26.5 Å². The Labute approximate surface area is 109 Å². The summed E-state index contributed by atoms with van der Waals surface area (Å²) < 4.78 is 5.54. The summed E-state index contributed by atoms with van der Waals surface area (Å²) in [6.07, 6.45) is -0.459. The van der Waals surface area contributed by atoms with E-state index in [2.05, 4.69) is 18.7 Å². The van der Waals surface area contributed by atoms with Gasteiger partial charge in [-0.05, 0) is 30.8 Å². The zero-order chi connectivity index (χ0) is 13.4. The van der Waals surface area contributed by atoms with Crippen molar-refractivity contribution >= 4 is 0 Å². The maximum Gasteiger partial charge on any atom is 0.119 e. The molecule has 0 aliphatic rings. The summed E-state index contributed by atoms with van der Waals surface area (Å²) in [5.74, 6) is 0.769. The highest BCUT2D eigenvalue weighted by Crippen LogP contribution is 2.12. The van der Waals surface area contributed by atoms with E-state index in [-0.39, 0.29) is 0 Å². The lowest BCUT2D eigenvalue weighted by Gasteiger charge is -2.21. The first kappa shape index (κ1) is 15.0. The van der Waals surface area contributed by atoms with E-state index in [1.807, 2.05) is 24.3 Å². The zero-order valence-electron chi connectivity index (χ0n) is 11.3. The molecule has 0 spiro atoms. The highest BCUT2D eigenvalue weighted by molar-refractivity contribution is 5.27. The Morgan fingerprint density at radius 2 is 1.83 bits per heavy atom. The molecule has 1 unspecified atom stereocenters. The minimum Gasteiger partial charge on any atom is -0.491 e. The molecule has 0 fully saturated rings. The summed E-state index contributed by atoms with van der Waals surface area (Å²) in [6.45, 7) is 7.56. The van der Waals surface area contributed by atoms with Gasteiger partial charge in [0.25, 0.3) is 0 Å². The van der Waals surface area contributed by atoms with E-state index < -0.39 is 6.10 Å². The normalized spacial score (nSPS) is 12.7. The van der Waals surface area contributed by atoms with Gasteiger partial charge in [0.05, 0.1) is 0 Å². The maximum atomic E-state index is 9.86. The molecule has 0 aliphatic heterocycles. The second-order valence-electron chi connectivity index (χ2n) is 4.30. The van der Waals surface area contributed by atoms with Gasteiger partial charge in [-0.1, -0.05) is 26.0 Å². The molecule has 0 saturated carbocycles. The molecule has 0 heterocycles. The largest absolute Gasteiger partial charge is 0.491 e. The summed E-state index contributed by atoms with van der Waals surface area (Å²) >= 11 is 0. The van der Waals surface area contributed by atoms with Crippen molar-refractivity contribution < 1.29 is 9.84 Å². The van der Waals surface area contributed by atoms with Crippen molar-refractivity contribution in [1.29, 1.82) is 0 Å². The van der Waals surface area contributed by atoms with Crippen LogP contribution in [-0.2, 0) is 6.54 Å². The van der Waals surface area contributed by atoms with Crippen molar-refractivity contribution in [2.24, 2.45) is 5.73 Å². The molecule has 1 rings (SSSR count). The van der Waals surface area contributed by atoms with Crippen LogP contribution in [-0.4, -0.2) is 42.4 Å². The van der Waals surface area contributed by atoms with Gasteiger partial charge in [0.15, 0.2) is 0 Å². The number of nitrogens with two attached hydrogens (primary N) is 1. The molecular formula is C14H24N2O2. The van der Waals surface area contributed by atoms with Crippen LogP contribution in [0, 0.1) is 0 Å². The molecule has 0 amide bonds. The van der Waals surface area contributed by atoms with Crippen LogP contribution in [0.25, 0.3) is 0 Å². The SMILES string of the molecule is CCN(CC)CC(O)COc1ccc(CN)cc1. The fraction of sp³-hybridized carbons (Fsp3) is 0.571. The third kappa shape index (κ3) is 5.04. The predicted molar refractivity (Wildman–Crippen MR) is 73.6 cm³/mol. The third-order valence-corrected chi connectivity index (χ3v) is 2.96. The fourth-order valence-corrected chi connectivity index (χ4v) is 1.75. The Balaban J connectivity index is 2.34. The third-order valence-electron chi connectivity index (χ3n) is 2.96. The Hall–Kier alpha value is -1.10. The van der Waals surface area contributed by atoms with Gasteiger partial charge in [0, 0.05) is 13.1 Å². The van der Waals surface area contributed by atoms with E-state index in [4.69, 9.17) is 10.5 Å². The lowest BCUT2D eigenvalue weighted by molar-refractivity contribution is 0.0716. The van der Waals surface area contributed by atoms with Gasteiger partial charge in [-0.15, -0.1) is 0 Å². The van der Waals surface area contributed by atoms with Crippen LogP contribution < -0.4 is 10.5 Å². The fourth-order valence-electron chi connectivity index (χ4n) is 1.75. The topological polar surface area (TPSA) is 58.7 Å². The van der Waals surface area contributed by atoms with Gasteiger partial charge < -0.3 is 20.5 Å². The average Bonchev–Trinajstić information content (AvgIpc) is 2.43. The quantitative estimate of drug-likeness (QED) is 0.730. The number of nitrogens with zero attached hydrogens (tertiary/aromatic N) is 1. The van der Waals surface area contributed by atoms with Crippen molar-refractivity contribution in [1.82, 2.24) is 4.90 Å². The molecule has 18 heavy (non-hydrogen) atoms. The van der Waals surface area contributed by atoms with Crippen LogP contribution in [0.5, 0.6) is 5.75 Å². The van der Waals surface area contributed by atoms with E-state index >= 15 is 0 Å². The Morgan fingerprint density at radius 1 is 1.22 bits per heavy atom. The molecule has 0 saturated heterocycles. The van der Waals surface area contributed by atoms with Crippen molar-refractivity contribution in [3.05, 3.63) is 29.8 Å². The van der Waals surface area contributed by atoms with E-state index in [1.165, 1.54) is 0 Å². The van der Waals surface area contributed by atoms with Gasteiger partial charge in [-0.3, -0.25) is 0 Å². The Morgan fingerprint density at radius 3 is 2.33 bits per heavy atom. The lowest BCUT2D eigenvalue weighted by Crippen LogP contribution is -2.35. The molecule has 1 atom stereocenters. The zero-order valence-corrected chi connectivity index (χ0v) is 11.3. The van der Waals surface area contributed by atoms with Crippen LogP contribution >= 0.6 is 0 Å². The molecule has 1 aromatic rings. The highest BCUT2D eigenvalue weighted by Gasteiger charge is 2.09. The number of hydrogen-bond acceptors (Lipinski definition) is 4. The summed E-state index contributed by atoms with van der Waals surface area (Å²) in [4.78, 5) is 2.17. The number of aliphatic hydroxyl groups excluding tert-OH is 1. The molecule has 0 bridgehead atoms. The lowest BCUT2D eigenvalue weighted by atomic mass is 10.2. The van der Waals surface area contributed by atoms with Crippen LogP contribution in [0.3, 0.4) is 0 Å². The van der Waals surface area contributed by atoms with Gasteiger partial charge in [0.2, 0.25) is 0 Å². The molecule has 4 heteroatoms. The molecule has 102 valence electrons. The molecule has 4 nitrogen and oxygen atoms in total. The van der Waals surface area contributed by atoms with Gasteiger partial charge in [-0.2, -0.15) is 0 Å². The number of benzene rings is 1. The molecule has 3 N–H and O–H groups in total. The standard InChI is InChI=1S/C14H24N2O2/c1-3-16(4-2)10-13(17)11-18-14-7-5-12(9-15)6-8-14/h5-8,13,17H,3-4,9-11,15H2,1-2H3. The summed E-state index contributed by atoms with van der Waals surface area (Å²) in [6, 6.07) is 7.64. The predicted octanol–water partition coefficient (Wildman–Crippen LogP) is 1.23. The van der Waals surface area contributed by atoms with Crippen molar-refractivity contribution in [2.75, 3.05) is 26.2 Å². The maximum absolute atomic E-state index is 9.86. The number of hydrogen-bond donors (Lipinski definition) is 2. The summed E-state index contributed by atoms with van der Waals surface area (Å²) in [5, 5.41) is 9.86. The average molecular weight is 252 g/mol. The second kappa shape index (κ2) is 8.08. The number of ether oxygens (including phenoxy) is 1. The van der Waals surface area contributed by atoms with Gasteiger partial charge >= 0.3 is 0 Å². The van der Waals surface area contributed by atoms with Crippen LogP contribution in [0.15, 0.2) is 24.3 Å². The second-order valence-corrected chi connectivity index (χ2v) is 4.30. The Kier molecular flexibility index (Phi) is 6.72. The van der Waals surface area contributed by atoms with E-state index in [0.29, 0.717) is 19.7 Å². The smallest absolute Gasteiger partial charge is 0.119 e. The summed E-state index contributed by atoms with van der Waals surface area (Å²) in [7, 11) is 0. The highest BCUT2D eigenvalue weighted by atomic mass is 16.5. The van der Waals surface area contributed by atoms with Crippen molar-refractivity contribution in [3.8, 4) is 5.75 Å². The van der Waals surface area contributed by atoms with E-state index in [1.54, 1.807) is 0 Å². The molecule has 0 aliphatic carbocycles. The van der Waals surface area contributed by atoms with Crippen molar-refractivity contribution in [3.63, 3.8) is 0 Å². The number of rotatable bonds is 8. The van der Waals surface area contributed by atoms with Crippen LogP contribution in [0.2, 0.25) is 0 Å². The monoisotopic (exact) mass is 252 g/mol. The molecule has 0 radical (unpaired) electrons.